The lowest BCUT2D eigenvalue weighted by Gasteiger charge is -2.06. The Morgan fingerprint density at radius 1 is 1.39 bits per heavy atom. The van der Waals surface area contributed by atoms with Gasteiger partial charge in [-0.3, -0.25) is 9.89 Å². The Hall–Kier alpha value is -2.10. The number of rotatable bonds is 5. The average molecular weight is 243 g/mol. The van der Waals surface area contributed by atoms with Crippen LogP contribution in [0.15, 0.2) is 36.7 Å². The van der Waals surface area contributed by atoms with Crippen molar-refractivity contribution in [2.24, 2.45) is 0 Å². The first-order valence-electron chi connectivity index (χ1n) is 6.04. The Kier molecular flexibility index (Phi) is 4.12. The number of carbonyl (C=O) groups is 1. The Labute approximate surface area is 106 Å². The first kappa shape index (κ1) is 12.4. The largest absolute Gasteiger partial charge is 0.352 e. The standard InChI is InChI=1S/C14H17N3O/c1-11-4-2-3-5-13(11)6-7-14(18)15-8-12-9-16-17-10-12/h2-5,9-10H,6-8H2,1H3,(H,15,18)(H,16,17). The molecule has 0 fully saturated rings. The van der Waals surface area contributed by atoms with Crippen molar-refractivity contribution in [3.8, 4) is 0 Å². The normalized spacial score (nSPS) is 10.3. The molecule has 1 aromatic heterocycles. The lowest BCUT2D eigenvalue weighted by atomic mass is 10.0. The summed E-state index contributed by atoms with van der Waals surface area (Å²) >= 11 is 0. The minimum atomic E-state index is 0.0689. The van der Waals surface area contributed by atoms with Gasteiger partial charge in [0.2, 0.25) is 5.91 Å². The lowest BCUT2D eigenvalue weighted by molar-refractivity contribution is -0.121. The summed E-state index contributed by atoms with van der Waals surface area (Å²) in [5.41, 5.74) is 3.45. The van der Waals surface area contributed by atoms with Crippen LogP contribution in [-0.4, -0.2) is 16.1 Å². The number of amides is 1. The van der Waals surface area contributed by atoms with Gasteiger partial charge in [0.25, 0.3) is 0 Å². The molecule has 0 aliphatic rings. The summed E-state index contributed by atoms with van der Waals surface area (Å²) in [6.45, 7) is 2.60. The van der Waals surface area contributed by atoms with Gasteiger partial charge in [-0.2, -0.15) is 5.10 Å². The highest BCUT2D eigenvalue weighted by Crippen LogP contribution is 2.09. The van der Waals surface area contributed by atoms with Gasteiger partial charge in [0.1, 0.15) is 0 Å². The molecule has 0 radical (unpaired) electrons. The molecule has 94 valence electrons. The van der Waals surface area contributed by atoms with E-state index in [2.05, 4.69) is 34.6 Å². The Bertz CT molecular complexity index is 506. The molecule has 0 aliphatic carbocycles. The number of nitrogens with zero attached hydrogens (tertiary/aromatic N) is 1. The highest BCUT2D eigenvalue weighted by Gasteiger charge is 2.04. The van der Waals surface area contributed by atoms with Crippen LogP contribution in [0, 0.1) is 6.92 Å². The van der Waals surface area contributed by atoms with Gasteiger partial charge in [0.15, 0.2) is 0 Å². The zero-order chi connectivity index (χ0) is 12.8. The third-order valence-electron chi connectivity index (χ3n) is 2.93. The molecular formula is C14H17N3O. The highest BCUT2D eigenvalue weighted by molar-refractivity contribution is 5.76. The molecule has 4 heteroatoms. The van der Waals surface area contributed by atoms with Crippen LogP contribution in [-0.2, 0) is 17.8 Å². The highest BCUT2D eigenvalue weighted by atomic mass is 16.1. The van der Waals surface area contributed by atoms with Crippen LogP contribution in [0.4, 0.5) is 0 Å². The topological polar surface area (TPSA) is 57.8 Å². The lowest BCUT2D eigenvalue weighted by Crippen LogP contribution is -2.22. The van der Waals surface area contributed by atoms with Crippen molar-refractivity contribution in [1.82, 2.24) is 15.5 Å². The smallest absolute Gasteiger partial charge is 0.220 e. The van der Waals surface area contributed by atoms with Crippen LogP contribution in [0.3, 0.4) is 0 Å². The maximum atomic E-state index is 11.7. The van der Waals surface area contributed by atoms with Crippen molar-refractivity contribution in [1.29, 1.82) is 0 Å². The summed E-state index contributed by atoms with van der Waals surface area (Å²) in [4.78, 5) is 11.7. The number of hydrogen-bond donors (Lipinski definition) is 2. The first-order chi connectivity index (χ1) is 8.75. The molecule has 0 spiro atoms. The minimum Gasteiger partial charge on any atom is -0.352 e. The molecule has 18 heavy (non-hydrogen) atoms. The van der Waals surface area contributed by atoms with Crippen LogP contribution in [0.2, 0.25) is 0 Å². The summed E-state index contributed by atoms with van der Waals surface area (Å²) in [5.74, 6) is 0.0689. The molecule has 1 aromatic carbocycles. The summed E-state index contributed by atoms with van der Waals surface area (Å²) in [6.07, 6.45) is 4.79. The molecule has 1 heterocycles. The molecule has 4 nitrogen and oxygen atoms in total. The van der Waals surface area contributed by atoms with Gasteiger partial charge in [-0.25, -0.2) is 0 Å². The second-order valence-electron chi connectivity index (χ2n) is 4.31. The van der Waals surface area contributed by atoms with E-state index in [0.717, 1.165) is 12.0 Å². The molecule has 2 rings (SSSR count). The van der Waals surface area contributed by atoms with Gasteiger partial charge in [-0.05, 0) is 24.5 Å². The second-order valence-corrected chi connectivity index (χ2v) is 4.31. The Balaban J connectivity index is 1.77. The molecule has 2 aromatic rings. The summed E-state index contributed by atoms with van der Waals surface area (Å²) in [5, 5.41) is 9.42. The molecular weight excluding hydrogens is 226 g/mol. The van der Waals surface area contributed by atoms with Crippen LogP contribution in [0.5, 0.6) is 0 Å². The fourth-order valence-corrected chi connectivity index (χ4v) is 1.80. The van der Waals surface area contributed by atoms with Crippen molar-refractivity contribution in [2.45, 2.75) is 26.3 Å². The van der Waals surface area contributed by atoms with E-state index in [1.807, 2.05) is 12.1 Å². The quantitative estimate of drug-likeness (QED) is 0.843. The summed E-state index contributed by atoms with van der Waals surface area (Å²) in [6, 6.07) is 8.15. The number of carbonyl (C=O) groups excluding carboxylic acids is 1. The molecule has 0 saturated heterocycles. The van der Waals surface area contributed by atoms with Gasteiger partial charge in [0, 0.05) is 24.7 Å². The van der Waals surface area contributed by atoms with Gasteiger partial charge in [0.05, 0.1) is 6.20 Å². The van der Waals surface area contributed by atoms with Crippen molar-refractivity contribution in [3.05, 3.63) is 53.3 Å². The van der Waals surface area contributed by atoms with Gasteiger partial charge < -0.3 is 5.32 Å². The van der Waals surface area contributed by atoms with Gasteiger partial charge >= 0.3 is 0 Å². The molecule has 0 atom stereocenters. The van der Waals surface area contributed by atoms with Crippen molar-refractivity contribution in [2.75, 3.05) is 0 Å². The predicted octanol–water partition coefficient (Wildman–Crippen LogP) is 1.97. The maximum absolute atomic E-state index is 11.7. The Morgan fingerprint density at radius 2 is 2.22 bits per heavy atom. The third-order valence-corrected chi connectivity index (χ3v) is 2.93. The fourth-order valence-electron chi connectivity index (χ4n) is 1.80. The second kappa shape index (κ2) is 6.00. The number of benzene rings is 1. The summed E-state index contributed by atoms with van der Waals surface area (Å²) in [7, 11) is 0. The number of aromatic amines is 1. The minimum absolute atomic E-state index is 0.0689. The third kappa shape index (κ3) is 3.45. The van der Waals surface area contributed by atoms with E-state index in [4.69, 9.17) is 0 Å². The number of hydrogen-bond acceptors (Lipinski definition) is 2. The maximum Gasteiger partial charge on any atom is 0.220 e. The predicted molar refractivity (Wildman–Crippen MR) is 69.9 cm³/mol. The van der Waals surface area contributed by atoms with Crippen LogP contribution < -0.4 is 5.32 Å². The molecule has 0 saturated carbocycles. The first-order valence-corrected chi connectivity index (χ1v) is 6.04. The van der Waals surface area contributed by atoms with Crippen LogP contribution >= 0.6 is 0 Å². The fraction of sp³-hybridized carbons (Fsp3) is 0.286. The van der Waals surface area contributed by atoms with Crippen LogP contribution in [0.1, 0.15) is 23.1 Å². The zero-order valence-electron chi connectivity index (χ0n) is 10.4. The molecule has 0 unspecified atom stereocenters. The number of nitrogens with one attached hydrogen (secondary N) is 2. The SMILES string of the molecule is Cc1ccccc1CCC(=O)NCc1cn[nH]c1. The van der Waals surface area contributed by atoms with E-state index in [9.17, 15) is 4.79 Å². The number of aromatic nitrogens is 2. The average Bonchev–Trinajstić information content (AvgIpc) is 2.88. The molecule has 0 aliphatic heterocycles. The number of H-pyrrole nitrogens is 1. The van der Waals surface area contributed by atoms with Gasteiger partial charge in [-0.1, -0.05) is 24.3 Å². The monoisotopic (exact) mass is 243 g/mol. The van der Waals surface area contributed by atoms with E-state index in [1.54, 1.807) is 12.4 Å². The van der Waals surface area contributed by atoms with Crippen molar-refractivity contribution >= 4 is 5.91 Å². The number of aryl methyl sites for hydroxylation is 2. The zero-order valence-corrected chi connectivity index (χ0v) is 10.4. The van der Waals surface area contributed by atoms with Gasteiger partial charge in [-0.15, -0.1) is 0 Å². The van der Waals surface area contributed by atoms with E-state index in [0.29, 0.717) is 13.0 Å². The molecule has 0 bridgehead atoms. The molecule has 2 N–H and O–H groups in total. The van der Waals surface area contributed by atoms with Crippen molar-refractivity contribution < 1.29 is 4.79 Å². The summed E-state index contributed by atoms with van der Waals surface area (Å²) < 4.78 is 0. The molecule has 1 amide bonds. The van der Waals surface area contributed by atoms with E-state index in [1.165, 1.54) is 11.1 Å². The van der Waals surface area contributed by atoms with E-state index in [-0.39, 0.29) is 5.91 Å². The Morgan fingerprint density at radius 3 is 2.94 bits per heavy atom. The van der Waals surface area contributed by atoms with E-state index < -0.39 is 0 Å². The van der Waals surface area contributed by atoms with Crippen LogP contribution in [0.25, 0.3) is 0 Å². The van der Waals surface area contributed by atoms with Crippen molar-refractivity contribution in [3.63, 3.8) is 0 Å². The van der Waals surface area contributed by atoms with E-state index >= 15 is 0 Å².